The van der Waals surface area contributed by atoms with Crippen LogP contribution < -0.4 is 0 Å². The first-order chi connectivity index (χ1) is 9.86. The molecular formula is C12H13FN2O4S2. The van der Waals surface area contributed by atoms with Gasteiger partial charge < -0.3 is 10.1 Å². The average Bonchev–Trinajstić information content (AvgIpc) is 2.90. The van der Waals surface area contributed by atoms with Crippen molar-refractivity contribution in [2.45, 2.75) is 35.3 Å². The summed E-state index contributed by atoms with van der Waals surface area (Å²) in [5.74, 6) is -1.00. The molecule has 1 N–H and O–H groups in total. The summed E-state index contributed by atoms with van der Waals surface area (Å²) in [7, 11) is -4.50. The Morgan fingerprint density at radius 2 is 1.90 bits per heavy atom. The summed E-state index contributed by atoms with van der Waals surface area (Å²) < 4.78 is 58.2. The van der Waals surface area contributed by atoms with Gasteiger partial charge in [-0.3, -0.25) is 0 Å². The van der Waals surface area contributed by atoms with E-state index in [4.69, 9.17) is 5.53 Å². The monoisotopic (exact) mass is 332 g/mol. The second-order valence-electron chi connectivity index (χ2n) is 4.79. The number of benzene rings is 1. The lowest BCUT2D eigenvalue weighted by atomic mass is 10.1. The van der Waals surface area contributed by atoms with Crippen LogP contribution in [0.2, 0.25) is 0 Å². The van der Waals surface area contributed by atoms with E-state index in [2.05, 4.69) is 4.79 Å². The maximum atomic E-state index is 13.7. The zero-order chi connectivity index (χ0) is 15.7. The van der Waals surface area contributed by atoms with Gasteiger partial charge in [-0.15, -0.1) is 0 Å². The van der Waals surface area contributed by atoms with E-state index in [1.165, 1.54) is 12.1 Å². The van der Waals surface area contributed by atoms with Crippen molar-refractivity contribution >= 4 is 26.0 Å². The van der Waals surface area contributed by atoms with Gasteiger partial charge in [0.25, 0.3) is 9.84 Å². The maximum Gasteiger partial charge on any atom is 0.406 e. The van der Waals surface area contributed by atoms with Gasteiger partial charge in [0.15, 0.2) is 15.8 Å². The van der Waals surface area contributed by atoms with Gasteiger partial charge >= 0.3 is 5.04 Å². The molecule has 0 amide bonds. The third-order valence-corrected chi connectivity index (χ3v) is 6.90. The van der Waals surface area contributed by atoms with Crippen molar-refractivity contribution in [3.05, 3.63) is 35.6 Å². The van der Waals surface area contributed by atoms with E-state index in [-0.39, 0.29) is 12.8 Å². The van der Waals surface area contributed by atoms with E-state index in [0.29, 0.717) is 12.8 Å². The first-order valence-electron chi connectivity index (χ1n) is 6.19. The summed E-state index contributed by atoms with van der Waals surface area (Å²) in [4.78, 5) is 2.09. The fraction of sp³-hybridized carbons (Fsp3) is 0.417. The fourth-order valence-corrected chi connectivity index (χ4v) is 5.53. The summed E-state index contributed by atoms with van der Waals surface area (Å²) in [5.41, 5.74) is 9.13. The van der Waals surface area contributed by atoms with Gasteiger partial charge in [-0.2, -0.15) is 4.79 Å². The number of rotatable bonds is 3. The molecule has 114 valence electrons. The molecule has 1 aromatic rings. The zero-order valence-electron chi connectivity index (χ0n) is 10.9. The van der Waals surface area contributed by atoms with Crippen LogP contribution in [0, 0.1) is 5.82 Å². The van der Waals surface area contributed by atoms with Crippen LogP contribution >= 0.6 is 0 Å². The normalized spacial score (nSPS) is 19.0. The highest BCUT2D eigenvalue weighted by atomic mass is 32.2. The molecule has 1 saturated carbocycles. The Labute approximate surface area is 123 Å². The number of nitrogens with zero attached hydrogens (tertiary/aromatic N) is 2. The molecule has 21 heavy (non-hydrogen) atoms. The maximum absolute atomic E-state index is 13.7. The molecular weight excluding hydrogens is 319 g/mol. The SMILES string of the molecule is [N-]=[N+]=C(C1(S(=O)O)CCCC1)S(=O)(=O)c1ccccc1F. The molecule has 1 atom stereocenters. The molecule has 1 aromatic carbocycles. The molecule has 0 bridgehead atoms. The largest absolute Gasteiger partial charge is 0.406 e. The van der Waals surface area contributed by atoms with Gasteiger partial charge in [-0.25, -0.2) is 17.0 Å². The molecule has 0 aromatic heterocycles. The van der Waals surface area contributed by atoms with Crippen LogP contribution in [-0.2, 0) is 20.9 Å². The molecule has 9 heteroatoms. The summed E-state index contributed by atoms with van der Waals surface area (Å²) in [6, 6.07) is 4.62. The van der Waals surface area contributed by atoms with Crippen LogP contribution in [0.4, 0.5) is 4.39 Å². The van der Waals surface area contributed by atoms with Crippen LogP contribution in [0.1, 0.15) is 25.7 Å². The minimum absolute atomic E-state index is 0.0865. The van der Waals surface area contributed by atoms with Crippen LogP contribution in [0.3, 0.4) is 0 Å². The lowest BCUT2D eigenvalue weighted by Gasteiger charge is -2.19. The Morgan fingerprint density at radius 1 is 1.33 bits per heavy atom. The smallest absolute Gasteiger partial charge is 0.360 e. The second-order valence-corrected chi connectivity index (χ2v) is 7.90. The topological polar surface area (TPSA) is 108 Å². The molecule has 0 radical (unpaired) electrons. The summed E-state index contributed by atoms with van der Waals surface area (Å²) >= 11 is -2.55. The highest BCUT2D eigenvalue weighted by Crippen LogP contribution is 2.38. The molecule has 1 fully saturated rings. The van der Waals surface area contributed by atoms with Gasteiger partial charge in [-0.1, -0.05) is 25.0 Å². The Morgan fingerprint density at radius 3 is 2.38 bits per heavy atom. The highest BCUT2D eigenvalue weighted by Gasteiger charge is 2.57. The van der Waals surface area contributed by atoms with E-state index in [0.717, 1.165) is 12.1 Å². The van der Waals surface area contributed by atoms with Gasteiger partial charge in [0, 0.05) is 0 Å². The zero-order valence-corrected chi connectivity index (χ0v) is 12.5. The molecule has 0 heterocycles. The van der Waals surface area contributed by atoms with Crippen molar-refractivity contribution in [1.29, 1.82) is 0 Å². The third kappa shape index (κ3) is 2.57. The van der Waals surface area contributed by atoms with E-state index in [1.54, 1.807) is 0 Å². The molecule has 0 spiro atoms. The quantitative estimate of drug-likeness (QED) is 0.299. The molecule has 0 saturated heterocycles. The molecule has 1 aliphatic carbocycles. The van der Waals surface area contributed by atoms with Crippen LogP contribution in [0.5, 0.6) is 0 Å². The number of halogens is 1. The Kier molecular flexibility index (Phi) is 4.38. The van der Waals surface area contributed by atoms with Crippen molar-refractivity contribution in [1.82, 2.24) is 0 Å². The Bertz CT molecular complexity index is 735. The van der Waals surface area contributed by atoms with E-state index >= 15 is 0 Å². The first-order valence-corrected chi connectivity index (χ1v) is 8.78. The van der Waals surface area contributed by atoms with Crippen molar-refractivity contribution in [3.63, 3.8) is 0 Å². The highest BCUT2D eigenvalue weighted by molar-refractivity contribution is 8.08. The fourth-order valence-electron chi connectivity index (χ4n) is 2.57. The minimum atomic E-state index is -4.50. The van der Waals surface area contributed by atoms with E-state index in [1.807, 2.05) is 0 Å². The van der Waals surface area contributed by atoms with Crippen LogP contribution in [-0.4, -0.2) is 31.8 Å². The van der Waals surface area contributed by atoms with Crippen molar-refractivity contribution in [2.75, 3.05) is 0 Å². The van der Waals surface area contributed by atoms with Gasteiger partial charge in [-0.05, 0) is 25.0 Å². The predicted octanol–water partition coefficient (Wildman–Crippen LogP) is 1.76. The van der Waals surface area contributed by atoms with Crippen LogP contribution in [0.15, 0.2) is 29.2 Å². The van der Waals surface area contributed by atoms with Gasteiger partial charge in [0.2, 0.25) is 0 Å². The molecule has 1 unspecified atom stereocenters. The lowest BCUT2D eigenvalue weighted by Crippen LogP contribution is -2.45. The summed E-state index contributed by atoms with van der Waals surface area (Å²) in [5, 5.41) is -0.849. The second kappa shape index (κ2) is 5.76. The number of hydrogen-bond acceptors (Lipinski definition) is 3. The van der Waals surface area contributed by atoms with Gasteiger partial charge in [0.05, 0.1) is 0 Å². The molecule has 2 rings (SSSR count). The van der Waals surface area contributed by atoms with Crippen molar-refractivity contribution in [3.8, 4) is 0 Å². The third-order valence-electron chi connectivity index (χ3n) is 3.61. The van der Waals surface area contributed by atoms with E-state index < -0.39 is 41.4 Å². The number of hydrogen-bond donors (Lipinski definition) is 1. The number of sulfone groups is 1. The summed E-state index contributed by atoms with van der Waals surface area (Å²) in [6.07, 6.45) is 1.22. The Balaban J connectivity index is 2.65. The van der Waals surface area contributed by atoms with Gasteiger partial charge in [0.1, 0.15) is 10.7 Å². The first kappa shape index (κ1) is 16.0. The molecule has 6 nitrogen and oxygen atoms in total. The van der Waals surface area contributed by atoms with Crippen molar-refractivity contribution < 1.29 is 26.4 Å². The molecule has 0 aliphatic heterocycles. The standard InChI is InChI=1S/C12H13FN2O4S2/c13-9-5-1-2-6-10(9)21(18,19)11(15-14)12(20(16)17)7-3-4-8-12/h1-2,5-6H,3-4,7-8H2,(H,16,17). The lowest BCUT2D eigenvalue weighted by molar-refractivity contribution is -0.00618. The molecule has 1 aliphatic rings. The Hall–Kier alpha value is -1.41. The van der Waals surface area contributed by atoms with E-state index in [9.17, 15) is 21.6 Å². The minimum Gasteiger partial charge on any atom is -0.360 e. The predicted molar refractivity (Wildman–Crippen MR) is 74.2 cm³/mol. The summed E-state index contributed by atoms with van der Waals surface area (Å²) in [6.45, 7) is 0. The van der Waals surface area contributed by atoms with Crippen LogP contribution in [0.25, 0.3) is 5.53 Å². The van der Waals surface area contributed by atoms with Crippen molar-refractivity contribution in [2.24, 2.45) is 0 Å². The average molecular weight is 332 g/mol.